The van der Waals surface area contributed by atoms with Gasteiger partial charge in [0.15, 0.2) is 0 Å². The Morgan fingerprint density at radius 2 is 1.76 bits per heavy atom. The number of benzene rings is 2. The fourth-order valence-corrected chi connectivity index (χ4v) is 6.39. The zero-order chi connectivity index (χ0) is 31.8. The molecule has 1 unspecified atom stereocenters. The molecule has 6 rings (SSSR count). The van der Waals surface area contributed by atoms with Crippen LogP contribution in [-0.2, 0) is 16.9 Å². The van der Waals surface area contributed by atoms with E-state index in [1.54, 1.807) is 18.2 Å². The molecule has 45 heavy (non-hydrogen) atoms. The predicted octanol–water partition coefficient (Wildman–Crippen LogP) is 5.24. The SMILES string of the molecule is CN1CCN(CCC(O)C[C@@]2(OCC3(C#N)CC3)c3ccc(-c4ccc(Cl)cc4)c(Cc4ncc(Cl)cn4)c3C(=O)N2F)CC1. The minimum Gasteiger partial charge on any atom is -0.393 e. The number of aromatic nitrogens is 2. The number of carbonyl (C=O) groups is 1. The number of fused-ring (bicyclic) bond motifs is 1. The van der Waals surface area contributed by atoms with Crippen molar-refractivity contribution in [1.29, 1.82) is 5.26 Å². The number of amides is 1. The predicted molar refractivity (Wildman–Crippen MR) is 168 cm³/mol. The number of aliphatic hydroxyl groups is 1. The van der Waals surface area contributed by atoms with Crippen LogP contribution in [0.2, 0.25) is 10.0 Å². The van der Waals surface area contributed by atoms with Gasteiger partial charge in [-0.1, -0.05) is 51.9 Å². The van der Waals surface area contributed by atoms with Crippen LogP contribution in [0, 0.1) is 16.7 Å². The first-order valence-corrected chi connectivity index (χ1v) is 15.9. The van der Waals surface area contributed by atoms with E-state index in [1.807, 2.05) is 18.2 Å². The third kappa shape index (κ3) is 6.57. The van der Waals surface area contributed by atoms with Crippen molar-refractivity contribution >= 4 is 29.1 Å². The Balaban J connectivity index is 1.40. The first-order valence-electron chi connectivity index (χ1n) is 15.2. The second kappa shape index (κ2) is 12.9. The summed E-state index contributed by atoms with van der Waals surface area (Å²) >= 11 is 12.2. The summed E-state index contributed by atoms with van der Waals surface area (Å²) in [6.07, 6.45) is 3.54. The number of carbonyl (C=O) groups excluding carboxylic acids is 1. The second-order valence-corrected chi connectivity index (χ2v) is 13.2. The van der Waals surface area contributed by atoms with Crippen molar-refractivity contribution in [3.8, 4) is 17.2 Å². The Hall–Kier alpha value is -3.17. The van der Waals surface area contributed by atoms with E-state index in [4.69, 9.17) is 27.9 Å². The summed E-state index contributed by atoms with van der Waals surface area (Å²) in [5.41, 5.74) is -0.212. The molecule has 0 radical (unpaired) electrons. The number of halogens is 3. The molecule has 3 heterocycles. The minimum absolute atomic E-state index is 0.0591. The molecular weight excluding hydrogens is 618 g/mol. The van der Waals surface area contributed by atoms with E-state index < -0.39 is 23.2 Å². The highest BCUT2D eigenvalue weighted by molar-refractivity contribution is 6.30. The van der Waals surface area contributed by atoms with E-state index in [0.717, 1.165) is 31.7 Å². The molecule has 3 aliphatic rings. The quantitative estimate of drug-likeness (QED) is 0.280. The Morgan fingerprint density at radius 3 is 2.40 bits per heavy atom. The lowest BCUT2D eigenvalue weighted by Crippen LogP contribution is -2.47. The number of aliphatic hydroxyl groups excluding tert-OH is 1. The average molecular weight is 654 g/mol. The lowest BCUT2D eigenvalue weighted by Gasteiger charge is -2.36. The Kier molecular flexibility index (Phi) is 9.12. The molecule has 1 saturated carbocycles. The van der Waals surface area contributed by atoms with Crippen molar-refractivity contribution < 1.29 is 19.1 Å². The number of nitriles is 1. The maximum absolute atomic E-state index is 16.6. The summed E-state index contributed by atoms with van der Waals surface area (Å²) in [4.78, 5) is 27.2. The van der Waals surface area contributed by atoms with Gasteiger partial charge in [-0.2, -0.15) is 5.26 Å². The Morgan fingerprint density at radius 1 is 1.07 bits per heavy atom. The minimum atomic E-state index is -1.91. The van der Waals surface area contributed by atoms with Gasteiger partial charge in [-0.15, -0.1) is 5.12 Å². The van der Waals surface area contributed by atoms with Crippen LogP contribution in [0.5, 0.6) is 0 Å². The van der Waals surface area contributed by atoms with Crippen LogP contribution in [0.1, 0.15) is 53.0 Å². The highest BCUT2D eigenvalue weighted by atomic mass is 35.5. The largest absolute Gasteiger partial charge is 0.393 e. The summed E-state index contributed by atoms with van der Waals surface area (Å²) in [5, 5.41) is 22.2. The highest BCUT2D eigenvalue weighted by Crippen LogP contribution is 2.51. The molecule has 1 aromatic heterocycles. The van der Waals surface area contributed by atoms with Crippen molar-refractivity contribution in [2.45, 2.75) is 43.9 Å². The monoisotopic (exact) mass is 652 g/mol. The van der Waals surface area contributed by atoms with Crippen LogP contribution in [0.15, 0.2) is 48.8 Å². The summed E-state index contributed by atoms with van der Waals surface area (Å²) < 4.78 is 22.9. The van der Waals surface area contributed by atoms with Crippen molar-refractivity contribution in [3.05, 3.63) is 81.4 Å². The van der Waals surface area contributed by atoms with Crippen molar-refractivity contribution in [3.63, 3.8) is 0 Å². The number of ether oxygens (including phenoxy) is 1. The molecule has 0 spiro atoms. The van der Waals surface area contributed by atoms with Crippen molar-refractivity contribution in [1.82, 2.24) is 24.9 Å². The summed E-state index contributed by atoms with van der Waals surface area (Å²) in [6, 6.07) is 13.0. The number of piperazine rings is 1. The third-order valence-corrected chi connectivity index (χ3v) is 9.62. The first kappa shape index (κ1) is 31.8. The normalized spacial score (nSPS) is 21.9. The number of rotatable bonds is 11. The van der Waals surface area contributed by atoms with Crippen LogP contribution in [0.3, 0.4) is 0 Å². The summed E-state index contributed by atoms with van der Waals surface area (Å²) in [7, 11) is 2.08. The molecule has 2 atom stereocenters. The number of likely N-dealkylation sites (N-methyl/N-ethyl adjacent to an activating group) is 1. The van der Waals surface area contributed by atoms with Gasteiger partial charge in [0.2, 0.25) is 5.72 Å². The van der Waals surface area contributed by atoms with Crippen molar-refractivity contribution in [2.24, 2.45) is 5.41 Å². The van der Waals surface area contributed by atoms with Gasteiger partial charge in [0, 0.05) is 68.5 Å². The molecule has 9 nitrogen and oxygen atoms in total. The molecule has 1 N–H and O–H groups in total. The van der Waals surface area contributed by atoms with E-state index in [9.17, 15) is 15.2 Å². The maximum Gasteiger partial charge on any atom is 0.285 e. The average Bonchev–Trinajstić information content (AvgIpc) is 3.80. The molecule has 1 saturated heterocycles. The highest BCUT2D eigenvalue weighted by Gasteiger charge is 2.56. The van der Waals surface area contributed by atoms with Gasteiger partial charge < -0.3 is 19.6 Å². The van der Waals surface area contributed by atoms with Gasteiger partial charge in [0.25, 0.3) is 5.91 Å². The molecule has 236 valence electrons. The van der Waals surface area contributed by atoms with Crippen molar-refractivity contribution in [2.75, 3.05) is 46.4 Å². The van der Waals surface area contributed by atoms with E-state index in [-0.39, 0.29) is 30.1 Å². The molecule has 12 heteroatoms. The maximum atomic E-state index is 16.6. The zero-order valence-corrected chi connectivity index (χ0v) is 26.6. The second-order valence-electron chi connectivity index (χ2n) is 12.4. The van der Waals surface area contributed by atoms with Gasteiger partial charge >= 0.3 is 0 Å². The molecule has 1 aliphatic carbocycles. The van der Waals surface area contributed by atoms with Crippen LogP contribution >= 0.6 is 23.2 Å². The first-order chi connectivity index (χ1) is 21.6. The van der Waals surface area contributed by atoms with Gasteiger partial charge in [-0.3, -0.25) is 4.79 Å². The van der Waals surface area contributed by atoms with Gasteiger partial charge in [-0.05, 0) is 55.1 Å². The van der Waals surface area contributed by atoms with E-state index in [1.165, 1.54) is 12.4 Å². The fourth-order valence-electron chi connectivity index (χ4n) is 6.16. The van der Waals surface area contributed by atoms with Gasteiger partial charge in [0.05, 0.1) is 34.8 Å². The summed E-state index contributed by atoms with van der Waals surface area (Å²) in [5.74, 6) is -0.480. The smallest absolute Gasteiger partial charge is 0.285 e. The fraction of sp³-hybridized carbons (Fsp3) is 0.455. The van der Waals surface area contributed by atoms with E-state index >= 15 is 4.48 Å². The zero-order valence-electron chi connectivity index (χ0n) is 25.1. The lowest BCUT2D eigenvalue weighted by atomic mass is 9.86. The standard InChI is InChI=1S/C33H35Cl2FN6O3/c1-40-12-14-41(15-13-40)11-8-25(43)17-33(45-21-32(20-37)9-10-32)28-7-6-26(22-2-4-23(34)5-3-22)27(30(28)31(44)42(33)36)16-29-38-18-24(35)19-39-29/h2-7,18-19,25,43H,8-17,21H2,1H3/t25?,33-/m1/s1. The molecule has 2 aliphatic heterocycles. The molecule has 2 aromatic carbocycles. The van der Waals surface area contributed by atoms with Crippen LogP contribution in [-0.4, -0.2) is 88.4 Å². The van der Waals surface area contributed by atoms with Gasteiger partial charge in [-0.25, -0.2) is 9.97 Å². The Bertz CT molecular complexity index is 1590. The molecule has 0 bridgehead atoms. The lowest BCUT2D eigenvalue weighted by molar-refractivity contribution is -0.225. The van der Waals surface area contributed by atoms with Crippen LogP contribution < -0.4 is 0 Å². The molecule has 2 fully saturated rings. The Labute approximate surface area is 272 Å². The van der Waals surface area contributed by atoms with E-state index in [0.29, 0.717) is 58.4 Å². The molecular formula is C33H35Cl2FN6O3. The van der Waals surface area contributed by atoms with Crippen LogP contribution in [0.4, 0.5) is 4.48 Å². The number of nitrogens with zero attached hydrogens (tertiary/aromatic N) is 6. The molecule has 3 aromatic rings. The number of hydrogen-bond acceptors (Lipinski definition) is 8. The topological polar surface area (TPSA) is 106 Å². The van der Waals surface area contributed by atoms with Crippen LogP contribution in [0.25, 0.3) is 11.1 Å². The number of hydrogen-bond donors (Lipinski definition) is 1. The summed E-state index contributed by atoms with van der Waals surface area (Å²) in [6.45, 7) is 4.22. The van der Waals surface area contributed by atoms with Gasteiger partial charge in [0.1, 0.15) is 5.82 Å². The third-order valence-electron chi connectivity index (χ3n) is 9.17. The molecule has 1 amide bonds. The van der Waals surface area contributed by atoms with E-state index in [2.05, 4.69) is 32.9 Å².